The standard InChI is InChI=1S/C23H31N3O3S/c1-3-26(4-2)30(28,29)22-11-9-10-19(18-22)23(27)24-20-12-14-21(15-13-20)25-16-7-5-6-8-17-25/h9-15,18H,3-8,16-17H2,1-2H3,(H,24,27). The summed E-state index contributed by atoms with van der Waals surface area (Å²) in [6.45, 7) is 6.51. The van der Waals surface area contributed by atoms with E-state index in [2.05, 4.69) is 10.2 Å². The van der Waals surface area contributed by atoms with Crippen LogP contribution in [0.2, 0.25) is 0 Å². The van der Waals surface area contributed by atoms with Crippen molar-refractivity contribution in [2.45, 2.75) is 44.4 Å². The molecule has 0 saturated carbocycles. The number of benzene rings is 2. The summed E-state index contributed by atoms with van der Waals surface area (Å²) in [4.78, 5) is 15.2. The lowest BCUT2D eigenvalue weighted by Crippen LogP contribution is -2.30. The van der Waals surface area contributed by atoms with Crippen molar-refractivity contribution < 1.29 is 13.2 Å². The zero-order valence-electron chi connectivity index (χ0n) is 17.8. The first-order valence-electron chi connectivity index (χ1n) is 10.7. The van der Waals surface area contributed by atoms with Gasteiger partial charge in [0, 0.05) is 43.1 Å². The van der Waals surface area contributed by atoms with Crippen LogP contribution in [0.5, 0.6) is 0 Å². The number of sulfonamides is 1. The van der Waals surface area contributed by atoms with Gasteiger partial charge < -0.3 is 10.2 Å². The van der Waals surface area contributed by atoms with Crippen LogP contribution in [0.4, 0.5) is 11.4 Å². The molecular weight excluding hydrogens is 398 g/mol. The number of hydrogen-bond donors (Lipinski definition) is 1. The van der Waals surface area contributed by atoms with Gasteiger partial charge in [0.25, 0.3) is 5.91 Å². The van der Waals surface area contributed by atoms with Gasteiger partial charge in [-0.05, 0) is 55.3 Å². The number of carbonyl (C=O) groups excluding carboxylic acids is 1. The van der Waals surface area contributed by atoms with E-state index in [1.165, 1.54) is 47.8 Å². The van der Waals surface area contributed by atoms with E-state index in [4.69, 9.17) is 0 Å². The molecule has 162 valence electrons. The Morgan fingerprint density at radius 3 is 2.20 bits per heavy atom. The minimum absolute atomic E-state index is 0.135. The first-order chi connectivity index (χ1) is 14.5. The second kappa shape index (κ2) is 10.1. The summed E-state index contributed by atoms with van der Waals surface area (Å²) in [7, 11) is -3.60. The Hall–Kier alpha value is -2.38. The third kappa shape index (κ3) is 5.21. The molecule has 1 fully saturated rings. The molecule has 1 aliphatic heterocycles. The van der Waals surface area contributed by atoms with Gasteiger partial charge in [0.2, 0.25) is 10.0 Å². The molecule has 1 heterocycles. The highest BCUT2D eigenvalue weighted by atomic mass is 32.2. The Bertz CT molecular complexity index is 946. The van der Waals surface area contributed by atoms with Crippen LogP contribution in [0.1, 0.15) is 49.9 Å². The topological polar surface area (TPSA) is 69.7 Å². The Morgan fingerprint density at radius 1 is 0.967 bits per heavy atom. The van der Waals surface area contributed by atoms with E-state index in [9.17, 15) is 13.2 Å². The van der Waals surface area contributed by atoms with Gasteiger partial charge in [-0.15, -0.1) is 0 Å². The van der Waals surface area contributed by atoms with Gasteiger partial charge >= 0.3 is 0 Å². The molecular formula is C23H31N3O3S. The number of hydrogen-bond acceptors (Lipinski definition) is 4. The molecule has 0 unspecified atom stereocenters. The number of amides is 1. The lowest BCUT2D eigenvalue weighted by molar-refractivity contribution is 0.102. The third-order valence-electron chi connectivity index (χ3n) is 5.54. The van der Waals surface area contributed by atoms with Crippen molar-refractivity contribution in [3.8, 4) is 0 Å². The third-order valence-corrected chi connectivity index (χ3v) is 7.58. The van der Waals surface area contributed by atoms with Gasteiger partial charge in [0.15, 0.2) is 0 Å². The van der Waals surface area contributed by atoms with Crippen LogP contribution in [-0.2, 0) is 10.0 Å². The van der Waals surface area contributed by atoms with Gasteiger partial charge in [-0.1, -0.05) is 32.8 Å². The molecule has 3 rings (SSSR count). The van der Waals surface area contributed by atoms with Crippen molar-refractivity contribution in [3.63, 3.8) is 0 Å². The highest BCUT2D eigenvalue weighted by molar-refractivity contribution is 7.89. The van der Waals surface area contributed by atoms with Crippen LogP contribution in [-0.4, -0.2) is 44.8 Å². The molecule has 1 amide bonds. The Labute approximate surface area is 179 Å². The molecule has 0 aromatic heterocycles. The molecule has 0 bridgehead atoms. The fourth-order valence-corrected chi connectivity index (χ4v) is 5.30. The van der Waals surface area contributed by atoms with Crippen molar-refractivity contribution >= 4 is 27.3 Å². The molecule has 6 nitrogen and oxygen atoms in total. The minimum Gasteiger partial charge on any atom is -0.372 e. The maximum atomic E-state index is 12.7. The first-order valence-corrected chi connectivity index (χ1v) is 12.2. The molecule has 0 aliphatic carbocycles. The minimum atomic E-state index is -3.60. The molecule has 30 heavy (non-hydrogen) atoms. The van der Waals surface area contributed by atoms with Crippen molar-refractivity contribution in [2.24, 2.45) is 0 Å². The summed E-state index contributed by atoms with van der Waals surface area (Å²) < 4.78 is 26.8. The summed E-state index contributed by atoms with van der Waals surface area (Å²) in [5.41, 5.74) is 2.18. The predicted molar refractivity (Wildman–Crippen MR) is 122 cm³/mol. The maximum absolute atomic E-state index is 12.7. The van der Waals surface area contributed by atoms with Crippen LogP contribution in [0.25, 0.3) is 0 Å². The highest BCUT2D eigenvalue weighted by Gasteiger charge is 2.22. The van der Waals surface area contributed by atoms with E-state index in [0.717, 1.165) is 13.1 Å². The van der Waals surface area contributed by atoms with Gasteiger partial charge in [-0.3, -0.25) is 4.79 Å². The average Bonchev–Trinajstić information content (AvgIpc) is 3.05. The van der Waals surface area contributed by atoms with E-state index in [0.29, 0.717) is 24.3 Å². The summed E-state index contributed by atoms with van der Waals surface area (Å²) in [6.07, 6.45) is 5.00. The second-order valence-electron chi connectivity index (χ2n) is 7.52. The molecule has 1 aliphatic rings. The number of nitrogens with zero attached hydrogens (tertiary/aromatic N) is 2. The Balaban J connectivity index is 1.72. The van der Waals surface area contributed by atoms with Crippen molar-refractivity contribution in [2.75, 3.05) is 36.4 Å². The maximum Gasteiger partial charge on any atom is 0.255 e. The number of anilines is 2. The lowest BCUT2D eigenvalue weighted by Gasteiger charge is -2.22. The molecule has 1 N–H and O–H groups in total. The fourth-order valence-electron chi connectivity index (χ4n) is 3.80. The Kier molecular flexibility index (Phi) is 7.50. The van der Waals surface area contributed by atoms with E-state index >= 15 is 0 Å². The van der Waals surface area contributed by atoms with Gasteiger partial charge in [-0.2, -0.15) is 4.31 Å². The van der Waals surface area contributed by atoms with E-state index in [1.54, 1.807) is 26.0 Å². The van der Waals surface area contributed by atoms with E-state index in [-0.39, 0.29) is 10.8 Å². The van der Waals surface area contributed by atoms with E-state index < -0.39 is 10.0 Å². The summed E-state index contributed by atoms with van der Waals surface area (Å²) in [6, 6.07) is 14.1. The molecule has 0 atom stereocenters. The molecule has 7 heteroatoms. The predicted octanol–water partition coefficient (Wildman–Crippen LogP) is 4.35. The zero-order valence-corrected chi connectivity index (χ0v) is 18.6. The monoisotopic (exact) mass is 429 g/mol. The van der Waals surface area contributed by atoms with Crippen LogP contribution in [0.15, 0.2) is 53.4 Å². The summed E-state index contributed by atoms with van der Waals surface area (Å²) in [5, 5.41) is 2.87. The van der Waals surface area contributed by atoms with Crippen LogP contribution >= 0.6 is 0 Å². The van der Waals surface area contributed by atoms with Crippen LogP contribution in [0, 0.1) is 0 Å². The Morgan fingerprint density at radius 2 is 1.60 bits per heavy atom. The van der Waals surface area contributed by atoms with Gasteiger partial charge in [-0.25, -0.2) is 8.42 Å². The molecule has 2 aromatic rings. The smallest absolute Gasteiger partial charge is 0.255 e. The van der Waals surface area contributed by atoms with Crippen molar-refractivity contribution in [1.82, 2.24) is 4.31 Å². The molecule has 2 aromatic carbocycles. The molecule has 1 saturated heterocycles. The quantitative estimate of drug-likeness (QED) is 0.710. The van der Waals surface area contributed by atoms with E-state index in [1.807, 2.05) is 24.3 Å². The highest BCUT2D eigenvalue weighted by Crippen LogP contribution is 2.22. The summed E-state index contributed by atoms with van der Waals surface area (Å²) >= 11 is 0. The van der Waals surface area contributed by atoms with Crippen molar-refractivity contribution in [1.29, 1.82) is 0 Å². The van der Waals surface area contributed by atoms with Gasteiger partial charge in [0.05, 0.1) is 4.90 Å². The zero-order chi connectivity index (χ0) is 21.6. The second-order valence-corrected chi connectivity index (χ2v) is 9.46. The van der Waals surface area contributed by atoms with Crippen molar-refractivity contribution in [3.05, 3.63) is 54.1 Å². The normalized spacial score (nSPS) is 15.1. The van der Waals surface area contributed by atoms with Crippen LogP contribution < -0.4 is 10.2 Å². The lowest BCUT2D eigenvalue weighted by atomic mass is 10.2. The number of carbonyl (C=O) groups is 1. The van der Waals surface area contributed by atoms with Crippen LogP contribution in [0.3, 0.4) is 0 Å². The SMILES string of the molecule is CCN(CC)S(=O)(=O)c1cccc(C(=O)Nc2ccc(N3CCCCCC3)cc2)c1. The first kappa shape index (κ1) is 22.3. The largest absolute Gasteiger partial charge is 0.372 e. The molecule has 0 spiro atoms. The number of nitrogens with one attached hydrogen (secondary N) is 1. The number of rotatable bonds is 7. The summed E-state index contributed by atoms with van der Waals surface area (Å²) in [5.74, 6) is -0.325. The van der Waals surface area contributed by atoms with Gasteiger partial charge in [0.1, 0.15) is 0 Å². The average molecular weight is 430 g/mol. The fraction of sp³-hybridized carbons (Fsp3) is 0.435. The molecule has 0 radical (unpaired) electrons.